The second kappa shape index (κ2) is 5.75. The van der Waals surface area contributed by atoms with E-state index in [1.165, 1.54) is 0 Å². The highest BCUT2D eigenvalue weighted by molar-refractivity contribution is 6.18. The van der Waals surface area contributed by atoms with E-state index in [9.17, 15) is 5.11 Å². The van der Waals surface area contributed by atoms with Crippen LogP contribution in [0.2, 0.25) is 0 Å². The zero-order valence-electron chi connectivity index (χ0n) is 9.27. The lowest BCUT2D eigenvalue weighted by atomic mass is 10.1. The van der Waals surface area contributed by atoms with Crippen LogP contribution in [0, 0.1) is 0 Å². The first-order chi connectivity index (χ1) is 8.31. The Balaban J connectivity index is 2.17. The van der Waals surface area contributed by atoms with E-state index in [0.717, 1.165) is 17.0 Å². The number of aliphatic hydroxyl groups excluding tert-OH is 1. The number of rotatable bonds is 5. The summed E-state index contributed by atoms with van der Waals surface area (Å²) in [6.45, 7) is 0.418. The molecule has 4 heteroatoms. The van der Waals surface area contributed by atoms with Crippen LogP contribution < -0.4 is 5.32 Å². The van der Waals surface area contributed by atoms with Gasteiger partial charge in [-0.1, -0.05) is 12.1 Å². The molecule has 3 nitrogen and oxygen atoms in total. The van der Waals surface area contributed by atoms with Crippen LogP contribution >= 0.6 is 11.6 Å². The lowest BCUT2D eigenvalue weighted by Crippen LogP contribution is -2.20. The fraction of sp³-hybridized carbons (Fsp3) is 0.231. The van der Waals surface area contributed by atoms with Gasteiger partial charge in [0.05, 0.1) is 18.2 Å². The summed E-state index contributed by atoms with van der Waals surface area (Å²) < 4.78 is 5.36. The predicted octanol–water partition coefficient (Wildman–Crippen LogP) is 2.96. The van der Waals surface area contributed by atoms with Gasteiger partial charge in [-0.15, -0.1) is 11.6 Å². The molecule has 0 bridgehead atoms. The Morgan fingerprint density at radius 3 is 2.76 bits per heavy atom. The molecule has 2 rings (SSSR count). The maximum Gasteiger partial charge on any atom is 0.135 e. The molecule has 0 aliphatic carbocycles. The first kappa shape index (κ1) is 12.0. The minimum Gasteiger partial charge on any atom is -0.464 e. The third-order valence-electron chi connectivity index (χ3n) is 2.42. The Hall–Kier alpha value is -1.45. The van der Waals surface area contributed by atoms with E-state index in [1.54, 1.807) is 6.26 Å². The van der Waals surface area contributed by atoms with Gasteiger partial charge < -0.3 is 14.8 Å². The molecule has 1 aromatic heterocycles. The molecule has 0 saturated heterocycles. The van der Waals surface area contributed by atoms with Gasteiger partial charge in [0.2, 0.25) is 0 Å². The van der Waals surface area contributed by atoms with E-state index in [4.69, 9.17) is 16.0 Å². The van der Waals surface area contributed by atoms with Crippen molar-refractivity contribution in [1.29, 1.82) is 0 Å². The van der Waals surface area contributed by atoms with E-state index in [0.29, 0.717) is 6.54 Å². The molecule has 2 N–H and O–H groups in total. The van der Waals surface area contributed by atoms with Crippen LogP contribution in [0.3, 0.4) is 0 Å². The first-order valence-corrected chi connectivity index (χ1v) is 5.95. The summed E-state index contributed by atoms with van der Waals surface area (Å²) >= 11 is 5.55. The number of nitrogens with one attached hydrogen (secondary N) is 1. The van der Waals surface area contributed by atoms with Crippen LogP contribution in [0.15, 0.2) is 47.1 Å². The molecule has 0 fully saturated rings. The summed E-state index contributed by atoms with van der Waals surface area (Å²) in [5, 5.41) is 12.6. The van der Waals surface area contributed by atoms with Crippen molar-refractivity contribution in [2.45, 2.75) is 6.10 Å². The average molecular weight is 252 g/mol. The molecule has 0 radical (unpaired) electrons. The van der Waals surface area contributed by atoms with Crippen LogP contribution in [0.4, 0.5) is 5.69 Å². The maximum absolute atomic E-state index is 9.42. The van der Waals surface area contributed by atoms with Crippen molar-refractivity contribution in [2.75, 3.05) is 17.7 Å². The number of halogens is 1. The van der Waals surface area contributed by atoms with E-state index >= 15 is 0 Å². The Morgan fingerprint density at radius 1 is 1.24 bits per heavy atom. The highest BCUT2D eigenvalue weighted by Crippen LogP contribution is 2.27. The lowest BCUT2D eigenvalue weighted by Gasteiger charge is -2.12. The third-order valence-corrected chi connectivity index (χ3v) is 2.78. The molecule has 0 spiro atoms. The summed E-state index contributed by atoms with van der Waals surface area (Å²) in [6, 6.07) is 11.5. The third kappa shape index (κ3) is 3.02. The smallest absolute Gasteiger partial charge is 0.135 e. The van der Waals surface area contributed by atoms with Crippen molar-refractivity contribution in [1.82, 2.24) is 0 Å². The average Bonchev–Trinajstić information content (AvgIpc) is 2.90. The molecule has 17 heavy (non-hydrogen) atoms. The summed E-state index contributed by atoms with van der Waals surface area (Å²) in [7, 11) is 0. The van der Waals surface area contributed by atoms with Crippen molar-refractivity contribution in [3.63, 3.8) is 0 Å². The van der Waals surface area contributed by atoms with E-state index < -0.39 is 6.10 Å². The molecule has 1 unspecified atom stereocenters. The van der Waals surface area contributed by atoms with Crippen LogP contribution in [0.5, 0.6) is 0 Å². The summed E-state index contributed by atoms with van der Waals surface area (Å²) in [4.78, 5) is 0. The second-order valence-electron chi connectivity index (χ2n) is 3.71. The zero-order chi connectivity index (χ0) is 12.1. The Kier molecular flexibility index (Phi) is 4.07. The zero-order valence-corrected chi connectivity index (χ0v) is 10.0. The Labute approximate surface area is 105 Å². The highest BCUT2D eigenvalue weighted by Gasteiger charge is 2.08. The van der Waals surface area contributed by atoms with Crippen molar-refractivity contribution < 1.29 is 9.52 Å². The fourth-order valence-corrected chi connectivity index (χ4v) is 1.68. The topological polar surface area (TPSA) is 45.4 Å². The number of benzene rings is 1. The summed E-state index contributed by atoms with van der Waals surface area (Å²) in [5.41, 5.74) is 1.89. The number of furan rings is 1. The molecule has 90 valence electrons. The molecule has 1 heterocycles. The van der Waals surface area contributed by atoms with Gasteiger partial charge in [0.15, 0.2) is 0 Å². The standard InChI is InChI=1S/C13H14ClNO2/c14-8-10(16)9-15-12-5-2-1-4-11(12)13-6-3-7-17-13/h1-7,10,15-16H,8-9H2. The molecule has 0 saturated carbocycles. The minimum absolute atomic E-state index is 0.218. The van der Waals surface area contributed by atoms with Crippen molar-refractivity contribution >= 4 is 17.3 Å². The first-order valence-electron chi connectivity index (χ1n) is 5.42. The van der Waals surface area contributed by atoms with Gasteiger partial charge in [0, 0.05) is 17.8 Å². The van der Waals surface area contributed by atoms with Gasteiger partial charge in [-0.3, -0.25) is 0 Å². The molecule has 0 aliphatic rings. The van der Waals surface area contributed by atoms with E-state index in [-0.39, 0.29) is 5.88 Å². The molecule has 0 amide bonds. The van der Waals surface area contributed by atoms with Gasteiger partial charge in [0.25, 0.3) is 0 Å². The largest absolute Gasteiger partial charge is 0.464 e. The normalized spacial score (nSPS) is 12.4. The Morgan fingerprint density at radius 2 is 2.06 bits per heavy atom. The van der Waals surface area contributed by atoms with E-state index in [1.807, 2.05) is 36.4 Å². The number of anilines is 1. The van der Waals surface area contributed by atoms with Crippen LogP contribution in [0.25, 0.3) is 11.3 Å². The van der Waals surface area contributed by atoms with Crippen LogP contribution in [-0.4, -0.2) is 23.6 Å². The van der Waals surface area contributed by atoms with Crippen LogP contribution in [-0.2, 0) is 0 Å². The highest BCUT2D eigenvalue weighted by atomic mass is 35.5. The van der Waals surface area contributed by atoms with Crippen molar-refractivity contribution in [2.24, 2.45) is 0 Å². The maximum atomic E-state index is 9.42. The molecule has 0 aliphatic heterocycles. The predicted molar refractivity (Wildman–Crippen MR) is 69.4 cm³/mol. The van der Waals surface area contributed by atoms with Gasteiger partial charge in [-0.05, 0) is 24.3 Å². The second-order valence-corrected chi connectivity index (χ2v) is 4.02. The van der Waals surface area contributed by atoms with Crippen molar-refractivity contribution in [3.8, 4) is 11.3 Å². The van der Waals surface area contributed by atoms with Crippen LogP contribution in [0.1, 0.15) is 0 Å². The summed E-state index contributed by atoms with van der Waals surface area (Å²) in [5.74, 6) is 1.02. The van der Waals surface area contributed by atoms with E-state index in [2.05, 4.69) is 5.32 Å². The van der Waals surface area contributed by atoms with Gasteiger partial charge in [-0.25, -0.2) is 0 Å². The number of aliphatic hydroxyl groups is 1. The SMILES string of the molecule is OC(CCl)CNc1ccccc1-c1ccco1. The molecular formula is C13H14ClNO2. The fourth-order valence-electron chi connectivity index (χ4n) is 1.57. The number of hydrogen-bond donors (Lipinski definition) is 2. The quantitative estimate of drug-likeness (QED) is 0.803. The molecule has 1 atom stereocenters. The monoisotopic (exact) mass is 251 g/mol. The van der Waals surface area contributed by atoms with Crippen molar-refractivity contribution in [3.05, 3.63) is 42.7 Å². The lowest BCUT2D eigenvalue weighted by molar-refractivity contribution is 0.211. The molecule has 2 aromatic rings. The number of para-hydroxylation sites is 1. The number of alkyl halides is 1. The Bertz CT molecular complexity index is 456. The minimum atomic E-state index is -0.554. The molecule has 1 aromatic carbocycles. The number of hydrogen-bond acceptors (Lipinski definition) is 3. The van der Waals surface area contributed by atoms with Gasteiger partial charge >= 0.3 is 0 Å². The van der Waals surface area contributed by atoms with Gasteiger partial charge in [-0.2, -0.15) is 0 Å². The summed E-state index contributed by atoms with van der Waals surface area (Å²) in [6.07, 6.45) is 1.08. The molecular weight excluding hydrogens is 238 g/mol. The van der Waals surface area contributed by atoms with Gasteiger partial charge in [0.1, 0.15) is 5.76 Å².